The van der Waals surface area contributed by atoms with E-state index in [9.17, 15) is 0 Å². The molecule has 0 aliphatic heterocycles. The average Bonchev–Trinajstić information content (AvgIpc) is 2.84. The standard InChI is InChI=1S/C14H18N4OS/c1-2-3-9-19-10-8-17-14-12(13(15)18-20-14)11-4-6-16-7-5-11/h2,4-7,17H,1,3,8-10H2,(H2,15,18). The third-order valence-corrected chi connectivity index (χ3v) is 3.50. The summed E-state index contributed by atoms with van der Waals surface area (Å²) in [4.78, 5) is 4.01. The normalized spacial score (nSPS) is 10.4. The van der Waals surface area contributed by atoms with E-state index in [0.29, 0.717) is 19.0 Å². The van der Waals surface area contributed by atoms with Gasteiger partial charge in [0, 0.05) is 18.9 Å². The molecule has 0 spiro atoms. The van der Waals surface area contributed by atoms with Gasteiger partial charge in [-0.15, -0.1) is 6.58 Å². The van der Waals surface area contributed by atoms with Crippen molar-refractivity contribution in [2.75, 3.05) is 30.8 Å². The van der Waals surface area contributed by atoms with Crippen LogP contribution in [0, 0.1) is 0 Å². The number of anilines is 2. The molecule has 0 bridgehead atoms. The predicted molar refractivity (Wildman–Crippen MR) is 83.9 cm³/mol. The van der Waals surface area contributed by atoms with Gasteiger partial charge in [-0.1, -0.05) is 6.08 Å². The van der Waals surface area contributed by atoms with E-state index in [1.807, 2.05) is 18.2 Å². The van der Waals surface area contributed by atoms with Crippen LogP contribution in [0.5, 0.6) is 0 Å². The SMILES string of the molecule is C=CCCOCCNc1snc(N)c1-c1ccncc1. The van der Waals surface area contributed by atoms with Gasteiger partial charge in [-0.05, 0) is 35.6 Å². The van der Waals surface area contributed by atoms with Crippen molar-refractivity contribution in [2.45, 2.75) is 6.42 Å². The van der Waals surface area contributed by atoms with Crippen LogP contribution < -0.4 is 11.1 Å². The summed E-state index contributed by atoms with van der Waals surface area (Å²) >= 11 is 1.36. The highest BCUT2D eigenvalue weighted by atomic mass is 32.1. The van der Waals surface area contributed by atoms with Crippen molar-refractivity contribution in [1.29, 1.82) is 0 Å². The Morgan fingerprint density at radius 3 is 2.90 bits per heavy atom. The minimum Gasteiger partial charge on any atom is -0.382 e. The molecule has 0 aliphatic rings. The van der Waals surface area contributed by atoms with Gasteiger partial charge in [0.05, 0.1) is 18.8 Å². The first-order chi connectivity index (χ1) is 9.83. The topological polar surface area (TPSA) is 73.1 Å². The zero-order chi connectivity index (χ0) is 14.2. The number of pyridine rings is 1. The minimum absolute atomic E-state index is 0.538. The van der Waals surface area contributed by atoms with Crippen LogP contribution in [0.15, 0.2) is 37.2 Å². The second kappa shape index (κ2) is 7.62. The molecule has 0 saturated carbocycles. The Morgan fingerprint density at radius 2 is 2.15 bits per heavy atom. The number of hydrogen-bond acceptors (Lipinski definition) is 6. The van der Waals surface area contributed by atoms with E-state index in [0.717, 1.165) is 29.1 Å². The zero-order valence-electron chi connectivity index (χ0n) is 11.2. The van der Waals surface area contributed by atoms with Gasteiger partial charge < -0.3 is 15.8 Å². The molecule has 2 heterocycles. The molecule has 5 nitrogen and oxygen atoms in total. The Kier molecular flexibility index (Phi) is 5.52. The summed E-state index contributed by atoms with van der Waals surface area (Å²) in [5.41, 5.74) is 7.89. The fraction of sp³-hybridized carbons (Fsp3) is 0.286. The Bertz CT molecular complexity index is 541. The van der Waals surface area contributed by atoms with Gasteiger partial charge in [-0.2, -0.15) is 4.37 Å². The Morgan fingerprint density at radius 1 is 1.35 bits per heavy atom. The summed E-state index contributed by atoms with van der Waals surface area (Å²) in [5, 5.41) is 4.27. The quantitative estimate of drug-likeness (QED) is 0.577. The van der Waals surface area contributed by atoms with Gasteiger partial charge in [0.2, 0.25) is 0 Å². The van der Waals surface area contributed by atoms with Crippen molar-refractivity contribution in [3.8, 4) is 11.1 Å². The molecule has 0 fully saturated rings. The first kappa shape index (κ1) is 14.5. The fourth-order valence-corrected chi connectivity index (χ4v) is 2.49. The highest BCUT2D eigenvalue weighted by Gasteiger charge is 2.12. The molecular formula is C14H18N4OS. The number of nitrogens with one attached hydrogen (secondary N) is 1. The van der Waals surface area contributed by atoms with Gasteiger partial charge in [-0.25, -0.2) is 0 Å². The molecule has 3 N–H and O–H groups in total. The molecule has 6 heteroatoms. The van der Waals surface area contributed by atoms with Crippen molar-refractivity contribution < 1.29 is 4.74 Å². The molecule has 0 atom stereocenters. The molecule has 2 aromatic rings. The van der Waals surface area contributed by atoms with Crippen molar-refractivity contribution in [1.82, 2.24) is 9.36 Å². The molecular weight excluding hydrogens is 272 g/mol. The Hall–Kier alpha value is -1.92. The molecule has 2 aromatic heterocycles. The summed E-state index contributed by atoms with van der Waals surface area (Å²) < 4.78 is 9.66. The second-order valence-corrected chi connectivity index (χ2v) is 4.90. The van der Waals surface area contributed by atoms with Crippen LogP contribution in [0.2, 0.25) is 0 Å². The maximum Gasteiger partial charge on any atom is 0.147 e. The molecule has 0 radical (unpaired) electrons. The second-order valence-electron chi connectivity index (χ2n) is 4.12. The molecule has 2 rings (SSSR count). The van der Waals surface area contributed by atoms with E-state index < -0.39 is 0 Å². The van der Waals surface area contributed by atoms with E-state index in [-0.39, 0.29) is 0 Å². The number of hydrogen-bond donors (Lipinski definition) is 2. The lowest BCUT2D eigenvalue weighted by Crippen LogP contribution is -2.09. The number of aromatic nitrogens is 2. The molecule has 106 valence electrons. The minimum atomic E-state index is 0.538. The number of nitrogen functional groups attached to an aromatic ring is 1. The highest BCUT2D eigenvalue weighted by molar-refractivity contribution is 7.11. The number of nitrogens with zero attached hydrogens (tertiary/aromatic N) is 2. The average molecular weight is 290 g/mol. The first-order valence-corrected chi connectivity index (χ1v) is 7.18. The smallest absolute Gasteiger partial charge is 0.147 e. The van der Waals surface area contributed by atoms with Crippen LogP contribution in [0.3, 0.4) is 0 Å². The maximum absolute atomic E-state index is 5.94. The predicted octanol–water partition coefficient (Wildman–Crippen LogP) is 2.79. The van der Waals surface area contributed by atoms with Crippen LogP contribution >= 0.6 is 11.5 Å². The van der Waals surface area contributed by atoms with Crippen molar-refractivity contribution in [2.24, 2.45) is 0 Å². The van der Waals surface area contributed by atoms with Gasteiger partial charge in [0.15, 0.2) is 0 Å². The highest BCUT2D eigenvalue weighted by Crippen LogP contribution is 2.36. The molecule has 0 aromatic carbocycles. The van der Waals surface area contributed by atoms with Crippen molar-refractivity contribution in [3.63, 3.8) is 0 Å². The summed E-state index contributed by atoms with van der Waals surface area (Å²) in [6.45, 7) is 5.71. The summed E-state index contributed by atoms with van der Waals surface area (Å²) in [5.74, 6) is 0.538. The van der Waals surface area contributed by atoms with Gasteiger partial charge in [0.1, 0.15) is 10.8 Å². The molecule has 0 aliphatic carbocycles. The number of nitrogens with two attached hydrogens (primary N) is 1. The number of rotatable bonds is 8. The van der Waals surface area contributed by atoms with Crippen LogP contribution in [-0.4, -0.2) is 29.1 Å². The summed E-state index contributed by atoms with van der Waals surface area (Å²) in [6.07, 6.45) is 6.21. The van der Waals surface area contributed by atoms with E-state index in [2.05, 4.69) is 21.3 Å². The Labute approximate surface area is 122 Å². The monoisotopic (exact) mass is 290 g/mol. The lowest BCUT2D eigenvalue weighted by Gasteiger charge is -2.07. The van der Waals surface area contributed by atoms with Gasteiger partial charge in [0.25, 0.3) is 0 Å². The summed E-state index contributed by atoms with van der Waals surface area (Å²) in [7, 11) is 0. The van der Waals surface area contributed by atoms with Gasteiger partial charge >= 0.3 is 0 Å². The van der Waals surface area contributed by atoms with E-state index >= 15 is 0 Å². The third-order valence-electron chi connectivity index (χ3n) is 2.69. The van der Waals surface area contributed by atoms with Crippen LogP contribution in [-0.2, 0) is 4.74 Å². The van der Waals surface area contributed by atoms with E-state index in [1.165, 1.54) is 11.5 Å². The number of ether oxygens (including phenoxy) is 1. The van der Waals surface area contributed by atoms with Crippen LogP contribution in [0.1, 0.15) is 6.42 Å². The van der Waals surface area contributed by atoms with Crippen molar-refractivity contribution >= 4 is 22.4 Å². The van der Waals surface area contributed by atoms with E-state index in [4.69, 9.17) is 10.5 Å². The molecule has 20 heavy (non-hydrogen) atoms. The van der Waals surface area contributed by atoms with E-state index in [1.54, 1.807) is 12.4 Å². The van der Waals surface area contributed by atoms with Crippen molar-refractivity contribution in [3.05, 3.63) is 37.2 Å². The lowest BCUT2D eigenvalue weighted by atomic mass is 10.1. The van der Waals surface area contributed by atoms with Crippen LogP contribution in [0.25, 0.3) is 11.1 Å². The largest absolute Gasteiger partial charge is 0.382 e. The fourth-order valence-electron chi connectivity index (χ4n) is 1.73. The zero-order valence-corrected chi connectivity index (χ0v) is 12.0. The molecule has 0 amide bonds. The first-order valence-electron chi connectivity index (χ1n) is 6.41. The summed E-state index contributed by atoms with van der Waals surface area (Å²) in [6, 6.07) is 3.84. The lowest BCUT2D eigenvalue weighted by molar-refractivity contribution is 0.149. The Balaban J connectivity index is 1.94. The maximum atomic E-state index is 5.94. The third kappa shape index (κ3) is 3.79. The van der Waals surface area contributed by atoms with Crippen LogP contribution in [0.4, 0.5) is 10.8 Å². The molecule has 0 unspecified atom stereocenters. The molecule has 0 saturated heterocycles. The van der Waals surface area contributed by atoms with Gasteiger partial charge in [-0.3, -0.25) is 4.98 Å².